The van der Waals surface area contributed by atoms with Crippen LogP contribution in [-0.4, -0.2) is 19.6 Å². The lowest BCUT2D eigenvalue weighted by Gasteiger charge is -2.38. The highest BCUT2D eigenvalue weighted by Gasteiger charge is 2.29. The van der Waals surface area contributed by atoms with Gasteiger partial charge in [0, 0.05) is 16.8 Å². The van der Waals surface area contributed by atoms with Gasteiger partial charge in [-0.1, -0.05) is 18.7 Å². The standard InChI is InChI=1S/C15H24N2O/c1-10-8-15(2,3)16-13-6-11(9-17(4)5)14(18)7-12(10)13/h6-7,10,16,18H,8-9H2,1-5H3. The molecule has 1 heterocycles. The van der Waals surface area contributed by atoms with Crippen molar-refractivity contribution in [1.29, 1.82) is 0 Å². The van der Waals surface area contributed by atoms with Gasteiger partial charge in [-0.15, -0.1) is 0 Å². The molecule has 0 spiro atoms. The van der Waals surface area contributed by atoms with Crippen molar-refractivity contribution in [2.24, 2.45) is 0 Å². The molecule has 1 aromatic rings. The second-order valence-corrected chi connectivity index (χ2v) is 6.55. The lowest BCUT2D eigenvalue weighted by Crippen LogP contribution is -3.04. The number of hydrogen-bond donors (Lipinski definition) is 2. The molecule has 100 valence electrons. The Labute approximate surface area is 110 Å². The Hall–Kier alpha value is -1.22. The van der Waals surface area contributed by atoms with Gasteiger partial charge in [0.2, 0.25) is 0 Å². The van der Waals surface area contributed by atoms with E-state index >= 15 is 0 Å². The van der Waals surface area contributed by atoms with Gasteiger partial charge in [0.1, 0.15) is 6.54 Å². The molecule has 2 rings (SSSR count). The van der Waals surface area contributed by atoms with Crippen LogP contribution in [-0.2, 0) is 6.54 Å². The molecule has 0 aromatic heterocycles. The molecule has 1 aliphatic heterocycles. The van der Waals surface area contributed by atoms with Crippen LogP contribution in [0.15, 0.2) is 12.1 Å². The molecule has 0 saturated heterocycles. The summed E-state index contributed by atoms with van der Waals surface area (Å²) in [7, 11) is 4.14. The number of rotatable bonds is 2. The van der Waals surface area contributed by atoms with E-state index in [0.717, 1.165) is 24.2 Å². The minimum Gasteiger partial charge on any atom is -0.872 e. The fraction of sp³-hybridized carbons (Fsp3) is 0.600. The predicted octanol–water partition coefficient (Wildman–Crippen LogP) is 1.10. The third-order valence-electron chi connectivity index (χ3n) is 3.60. The Morgan fingerprint density at radius 1 is 1.39 bits per heavy atom. The van der Waals surface area contributed by atoms with Crippen LogP contribution in [0.4, 0.5) is 5.69 Å². The predicted molar refractivity (Wildman–Crippen MR) is 73.1 cm³/mol. The van der Waals surface area contributed by atoms with Crippen molar-refractivity contribution in [3.63, 3.8) is 0 Å². The smallest absolute Gasteiger partial charge is 0.102 e. The van der Waals surface area contributed by atoms with Crippen LogP contribution in [0.3, 0.4) is 0 Å². The van der Waals surface area contributed by atoms with E-state index in [-0.39, 0.29) is 11.3 Å². The highest BCUT2D eigenvalue weighted by molar-refractivity contribution is 5.61. The summed E-state index contributed by atoms with van der Waals surface area (Å²) < 4.78 is 0. The maximum absolute atomic E-state index is 12.1. The second kappa shape index (κ2) is 4.47. The summed E-state index contributed by atoms with van der Waals surface area (Å²) in [6, 6.07) is 3.89. The molecule has 0 aliphatic carbocycles. The molecule has 0 saturated carbocycles. The maximum Gasteiger partial charge on any atom is 0.102 e. The second-order valence-electron chi connectivity index (χ2n) is 6.55. The van der Waals surface area contributed by atoms with E-state index in [2.05, 4.69) is 46.2 Å². The molecule has 3 nitrogen and oxygen atoms in total. The quantitative estimate of drug-likeness (QED) is 0.823. The highest BCUT2D eigenvalue weighted by Crippen LogP contribution is 2.40. The van der Waals surface area contributed by atoms with E-state index in [4.69, 9.17) is 0 Å². The SMILES string of the molecule is CC1CC(C)(C)Nc2cc(C[NH+](C)C)c([O-])cc21. The Kier molecular flexibility index (Phi) is 3.28. The number of hydrogen-bond acceptors (Lipinski definition) is 2. The summed E-state index contributed by atoms with van der Waals surface area (Å²) in [5.74, 6) is 0.632. The zero-order valence-corrected chi connectivity index (χ0v) is 12.1. The van der Waals surface area contributed by atoms with Crippen LogP contribution in [0.25, 0.3) is 0 Å². The van der Waals surface area contributed by atoms with Gasteiger partial charge in [-0.25, -0.2) is 0 Å². The summed E-state index contributed by atoms with van der Waals surface area (Å²) >= 11 is 0. The Morgan fingerprint density at radius 3 is 2.67 bits per heavy atom. The van der Waals surface area contributed by atoms with Crippen molar-refractivity contribution in [1.82, 2.24) is 0 Å². The topological polar surface area (TPSA) is 39.5 Å². The van der Waals surface area contributed by atoms with Crippen molar-refractivity contribution >= 4 is 5.69 Å². The van der Waals surface area contributed by atoms with Crippen molar-refractivity contribution in [2.45, 2.75) is 45.2 Å². The van der Waals surface area contributed by atoms with Crippen LogP contribution < -0.4 is 15.3 Å². The zero-order valence-electron chi connectivity index (χ0n) is 12.1. The summed E-state index contributed by atoms with van der Waals surface area (Å²) in [6.07, 6.45) is 1.07. The van der Waals surface area contributed by atoms with Gasteiger partial charge in [-0.05, 0) is 37.8 Å². The third kappa shape index (κ3) is 2.61. The number of nitrogens with one attached hydrogen (secondary N) is 2. The largest absolute Gasteiger partial charge is 0.872 e. The molecule has 1 aromatic carbocycles. The summed E-state index contributed by atoms with van der Waals surface area (Å²) in [5.41, 5.74) is 3.34. The van der Waals surface area contributed by atoms with E-state index < -0.39 is 0 Å². The molecule has 0 amide bonds. The fourth-order valence-electron chi connectivity index (χ4n) is 2.97. The molecule has 0 fully saturated rings. The maximum atomic E-state index is 12.1. The molecule has 1 aliphatic rings. The van der Waals surface area contributed by atoms with Crippen LogP contribution in [0.5, 0.6) is 5.75 Å². The number of quaternary nitrogens is 1. The molecule has 1 atom stereocenters. The Bertz CT molecular complexity index is 452. The molecular formula is C15H24N2O. The molecule has 2 N–H and O–H groups in total. The van der Waals surface area contributed by atoms with Gasteiger partial charge in [0.15, 0.2) is 0 Å². The average molecular weight is 248 g/mol. The van der Waals surface area contributed by atoms with E-state index in [1.54, 1.807) is 0 Å². The monoisotopic (exact) mass is 248 g/mol. The first-order valence-electron chi connectivity index (χ1n) is 6.69. The summed E-state index contributed by atoms with van der Waals surface area (Å²) in [4.78, 5) is 1.27. The minimum absolute atomic E-state index is 0.110. The summed E-state index contributed by atoms with van der Waals surface area (Å²) in [5, 5.41) is 15.7. The lowest BCUT2D eigenvalue weighted by molar-refractivity contribution is -0.872. The third-order valence-corrected chi connectivity index (χ3v) is 3.60. The lowest BCUT2D eigenvalue weighted by atomic mass is 9.81. The van der Waals surface area contributed by atoms with Crippen molar-refractivity contribution < 1.29 is 10.0 Å². The van der Waals surface area contributed by atoms with E-state index in [1.165, 1.54) is 10.5 Å². The van der Waals surface area contributed by atoms with Gasteiger partial charge in [0.05, 0.1) is 14.1 Å². The Morgan fingerprint density at radius 2 is 2.06 bits per heavy atom. The van der Waals surface area contributed by atoms with Gasteiger partial charge in [-0.2, -0.15) is 0 Å². The van der Waals surface area contributed by atoms with E-state index in [0.29, 0.717) is 5.92 Å². The van der Waals surface area contributed by atoms with Gasteiger partial charge < -0.3 is 15.3 Å². The van der Waals surface area contributed by atoms with Crippen molar-refractivity contribution in [2.75, 3.05) is 19.4 Å². The zero-order chi connectivity index (χ0) is 13.5. The van der Waals surface area contributed by atoms with Gasteiger partial charge in [-0.3, -0.25) is 0 Å². The first-order chi connectivity index (χ1) is 8.28. The van der Waals surface area contributed by atoms with Crippen LogP contribution in [0, 0.1) is 0 Å². The number of benzene rings is 1. The first-order valence-corrected chi connectivity index (χ1v) is 6.69. The van der Waals surface area contributed by atoms with Gasteiger partial charge >= 0.3 is 0 Å². The van der Waals surface area contributed by atoms with Crippen molar-refractivity contribution in [3.8, 4) is 5.75 Å². The summed E-state index contributed by atoms with van der Waals surface area (Å²) in [6.45, 7) is 7.42. The molecule has 3 heteroatoms. The molecular weight excluding hydrogens is 224 g/mol. The molecule has 18 heavy (non-hydrogen) atoms. The number of anilines is 1. The van der Waals surface area contributed by atoms with Crippen LogP contribution in [0.2, 0.25) is 0 Å². The van der Waals surface area contributed by atoms with E-state index in [9.17, 15) is 5.11 Å². The van der Waals surface area contributed by atoms with Crippen LogP contribution >= 0.6 is 0 Å². The molecule has 1 unspecified atom stereocenters. The van der Waals surface area contributed by atoms with Gasteiger partial charge in [0.25, 0.3) is 0 Å². The van der Waals surface area contributed by atoms with E-state index in [1.807, 2.05) is 6.07 Å². The average Bonchev–Trinajstić information content (AvgIpc) is 2.18. The first kappa shape index (κ1) is 13.2. The Balaban J connectivity index is 2.41. The normalized spacial score (nSPS) is 21.6. The highest BCUT2D eigenvalue weighted by atomic mass is 16.3. The van der Waals surface area contributed by atoms with Crippen LogP contribution in [0.1, 0.15) is 44.2 Å². The van der Waals surface area contributed by atoms with Crippen molar-refractivity contribution in [3.05, 3.63) is 23.3 Å². The number of fused-ring (bicyclic) bond motifs is 1. The fourth-order valence-corrected chi connectivity index (χ4v) is 2.97. The minimum atomic E-state index is 0.110. The molecule has 0 radical (unpaired) electrons. The molecule has 0 bridgehead atoms.